The first kappa shape index (κ1) is 18.4. The summed E-state index contributed by atoms with van der Waals surface area (Å²) in [6, 6.07) is 15.2. The predicted molar refractivity (Wildman–Crippen MR) is 111 cm³/mol. The molecule has 0 aliphatic heterocycles. The SMILES string of the molecule is CCCn1c2ccccc2c2nnc(SCC(=O)c3ccc(OC)cc3)nc21. The monoisotopic (exact) mass is 392 g/mol. The Kier molecular flexibility index (Phi) is 5.25. The molecular formula is C21H20N4O2S. The minimum Gasteiger partial charge on any atom is -0.497 e. The maximum absolute atomic E-state index is 12.4. The molecule has 0 aliphatic carbocycles. The van der Waals surface area contributed by atoms with E-state index >= 15 is 0 Å². The molecule has 0 amide bonds. The van der Waals surface area contributed by atoms with E-state index in [0.29, 0.717) is 10.7 Å². The van der Waals surface area contributed by atoms with Crippen LogP contribution >= 0.6 is 11.8 Å². The highest BCUT2D eigenvalue weighted by Gasteiger charge is 2.15. The number of aryl methyl sites for hydroxylation is 1. The number of para-hydroxylation sites is 1. The molecule has 0 N–H and O–H groups in total. The van der Waals surface area contributed by atoms with Gasteiger partial charge in [0.2, 0.25) is 5.16 Å². The van der Waals surface area contributed by atoms with Crippen LogP contribution in [0.2, 0.25) is 0 Å². The Balaban J connectivity index is 1.59. The Bertz CT molecular complexity index is 1140. The number of ketones is 1. The van der Waals surface area contributed by atoms with Crippen LogP contribution in [0.5, 0.6) is 5.75 Å². The number of aromatic nitrogens is 4. The highest BCUT2D eigenvalue weighted by Crippen LogP contribution is 2.27. The zero-order valence-electron chi connectivity index (χ0n) is 15.8. The first-order valence-electron chi connectivity index (χ1n) is 9.13. The number of Topliss-reactive ketones (excluding diaryl/α,β-unsaturated/α-hetero) is 1. The lowest BCUT2D eigenvalue weighted by atomic mass is 10.1. The molecule has 0 unspecified atom stereocenters. The summed E-state index contributed by atoms with van der Waals surface area (Å²) < 4.78 is 7.30. The summed E-state index contributed by atoms with van der Waals surface area (Å²) in [5, 5.41) is 10.2. The third kappa shape index (κ3) is 3.45. The van der Waals surface area contributed by atoms with E-state index in [-0.39, 0.29) is 11.5 Å². The average molecular weight is 392 g/mol. The molecular weight excluding hydrogens is 372 g/mol. The molecule has 4 rings (SSSR count). The molecule has 2 aromatic heterocycles. The fraction of sp³-hybridized carbons (Fsp3) is 0.238. The normalized spacial score (nSPS) is 11.2. The van der Waals surface area contributed by atoms with Crippen molar-refractivity contribution in [2.75, 3.05) is 12.9 Å². The molecule has 0 bridgehead atoms. The molecule has 0 spiro atoms. The summed E-state index contributed by atoms with van der Waals surface area (Å²) in [5.74, 6) is 1.00. The van der Waals surface area contributed by atoms with Gasteiger partial charge in [-0.2, -0.15) is 0 Å². The second-order valence-electron chi connectivity index (χ2n) is 6.38. The van der Waals surface area contributed by atoms with Crippen molar-refractivity contribution in [1.29, 1.82) is 0 Å². The van der Waals surface area contributed by atoms with Crippen molar-refractivity contribution in [3.05, 3.63) is 54.1 Å². The zero-order chi connectivity index (χ0) is 19.5. The number of rotatable bonds is 7. The molecule has 0 atom stereocenters. The number of hydrogen-bond acceptors (Lipinski definition) is 6. The Labute approximate surface area is 166 Å². The fourth-order valence-corrected chi connectivity index (χ4v) is 3.87. The smallest absolute Gasteiger partial charge is 0.211 e. The Morgan fingerprint density at radius 2 is 1.89 bits per heavy atom. The van der Waals surface area contributed by atoms with E-state index < -0.39 is 0 Å². The maximum atomic E-state index is 12.4. The van der Waals surface area contributed by atoms with Crippen molar-refractivity contribution in [3.8, 4) is 5.75 Å². The number of carbonyl (C=O) groups is 1. The van der Waals surface area contributed by atoms with Gasteiger partial charge in [0.25, 0.3) is 0 Å². The summed E-state index contributed by atoms with van der Waals surface area (Å²) >= 11 is 1.31. The van der Waals surface area contributed by atoms with Gasteiger partial charge in [0, 0.05) is 17.5 Å². The summed E-state index contributed by atoms with van der Waals surface area (Å²) in [6.07, 6.45) is 0.996. The van der Waals surface area contributed by atoms with Gasteiger partial charge in [-0.05, 0) is 36.8 Å². The maximum Gasteiger partial charge on any atom is 0.211 e. The van der Waals surface area contributed by atoms with E-state index in [0.717, 1.165) is 40.8 Å². The van der Waals surface area contributed by atoms with Crippen molar-refractivity contribution in [2.45, 2.75) is 25.0 Å². The minimum atomic E-state index is 0.0189. The van der Waals surface area contributed by atoms with Gasteiger partial charge in [-0.15, -0.1) is 10.2 Å². The molecule has 6 nitrogen and oxygen atoms in total. The van der Waals surface area contributed by atoms with Crippen LogP contribution in [0.15, 0.2) is 53.7 Å². The minimum absolute atomic E-state index is 0.0189. The summed E-state index contributed by atoms with van der Waals surface area (Å²) in [7, 11) is 1.60. The lowest BCUT2D eigenvalue weighted by molar-refractivity contribution is 0.102. The van der Waals surface area contributed by atoms with E-state index in [1.807, 2.05) is 18.2 Å². The molecule has 2 aromatic carbocycles. The Hall–Kier alpha value is -2.93. The largest absolute Gasteiger partial charge is 0.497 e. The van der Waals surface area contributed by atoms with Crippen LogP contribution in [-0.4, -0.2) is 38.4 Å². The molecule has 7 heteroatoms. The number of fused-ring (bicyclic) bond motifs is 3. The lowest BCUT2D eigenvalue weighted by Gasteiger charge is -2.05. The van der Waals surface area contributed by atoms with E-state index in [1.54, 1.807) is 31.4 Å². The Morgan fingerprint density at radius 1 is 1.11 bits per heavy atom. The number of benzene rings is 2. The highest BCUT2D eigenvalue weighted by atomic mass is 32.2. The quantitative estimate of drug-likeness (QED) is 0.343. The second-order valence-corrected chi connectivity index (χ2v) is 7.32. The van der Waals surface area contributed by atoms with Gasteiger partial charge >= 0.3 is 0 Å². The van der Waals surface area contributed by atoms with Gasteiger partial charge in [-0.1, -0.05) is 36.9 Å². The number of ether oxygens (including phenoxy) is 1. The van der Waals surface area contributed by atoms with Gasteiger partial charge in [-0.3, -0.25) is 4.79 Å². The number of nitrogens with zero attached hydrogens (tertiary/aromatic N) is 4. The lowest BCUT2D eigenvalue weighted by Crippen LogP contribution is -2.04. The molecule has 4 aromatic rings. The van der Waals surface area contributed by atoms with Crippen LogP contribution in [-0.2, 0) is 6.54 Å². The van der Waals surface area contributed by atoms with Crippen LogP contribution in [0.1, 0.15) is 23.7 Å². The number of hydrogen-bond donors (Lipinski definition) is 0. The molecule has 28 heavy (non-hydrogen) atoms. The molecule has 142 valence electrons. The third-order valence-corrected chi connectivity index (χ3v) is 5.38. The third-order valence-electron chi connectivity index (χ3n) is 4.55. The van der Waals surface area contributed by atoms with Gasteiger partial charge in [0.1, 0.15) is 11.3 Å². The van der Waals surface area contributed by atoms with E-state index in [4.69, 9.17) is 9.72 Å². The molecule has 0 saturated heterocycles. The average Bonchev–Trinajstić information content (AvgIpc) is 3.06. The van der Waals surface area contributed by atoms with Crippen LogP contribution < -0.4 is 4.74 Å². The first-order valence-corrected chi connectivity index (χ1v) is 10.1. The number of methoxy groups -OCH3 is 1. The Morgan fingerprint density at radius 3 is 2.64 bits per heavy atom. The summed E-state index contributed by atoms with van der Waals surface area (Å²) in [5.41, 5.74) is 3.37. The zero-order valence-corrected chi connectivity index (χ0v) is 16.6. The van der Waals surface area contributed by atoms with Crippen molar-refractivity contribution < 1.29 is 9.53 Å². The molecule has 0 aliphatic rings. The highest BCUT2D eigenvalue weighted by molar-refractivity contribution is 7.99. The second kappa shape index (κ2) is 7.98. The van der Waals surface area contributed by atoms with E-state index in [1.165, 1.54) is 11.8 Å². The fourth-order valence-electron chi connectivity index (χ4n) is 3.19. The summed E-state index contributed by atoms with van der Waals surface area (Å²) in [4.78, 5) is 17.2. The first-order chi connectivity index (χ1) is 13.7. The topological polar surface area (TPSA) is 69.9 Å². The van der Waals surface area contributed by atoms with Gasteiger partial charge < -0.3 is 9.30 Å². The molecule has 2 heterocycles. The summed E-state index contributed by atoms with van der Waals surface area (Å²) in [6.45, 7) is 3.00. The molecule has 0 saturated carbocycles. The number of carbonyl (C=O) groups excluding carboxylic acids is 1. The van der Waals surface area contributed by atoms with E-state index in [9.17, 15) is 4.79 Å². The van der Waals surface area contributed by atoms with Crippen LogP contribution in [0, 0.1) is 0 Å². The van der Waals surface area contributed by atoms with E-state index in [2.05, 4.69) is 27.8 Å². The molecule has 0 radical (unpaired) electrons. The van der Waals surface area contributed by atoms with Crippen molar-refractivity contribution in [2.24, 2.45) is 0 Å². The standard InChI is InChI=1S/C21H20N4O2S/c1-3-12-25-17-7-5-4-6-16(17)19-20(25)22-21(24-23-19)28-13-18(26)14-8-10-15(27-2)11-9-14/h4-11H,3,12-13H2,1-2H3. The van der Waals surface area contributed by atoms with Gasteiger partial charge in [0.05, 0.1) is 18.4 Å². The van der Waals surface area contributed by atoms with Crippen molar-refractivity contribution in [3.63, 3.8) is 0 Å². The van der Waals surface area contributed by atoms with Crippen LogP contribution in [0.4, 0.5) is 0 Å². The van der Waals surface area contributed by atoms with Crippen molar-refractivity contribution >= 4 is 39.6 Å². The number of thioether (sulfide) groups is 1. The van der Waals surface area contributed by atoms with Crippen molar-refractivity contribution in [1.82, 2.24) is 19.7 Å². The van der Waals surface area contributed by atoms with Crippen LogP contribution in [0.3, 0.4) is 0 Å². The van der Waals surface area contributed by atoms with Crippen LogP contribution in [0.25, 0.3) is 22.1 Å². The predicted octanol–water partition coefficient (Wildman–Crippen LogP) is 4.37. The van der Waals surface area contributed by atoms with Gasteiger partial charge in [0.15, 0.2) is 11.4 Å². The van der Waals surface area contributed by atoms with Gasteiger partial charge in [-0.25, -0.2) is 4.98 Å². The molecule has 0 fully saturated rings.